The number of urea groups is 1. The molecule has 3 aromatic rings. The molecule has 0 saturated heterocycles. The van der Waals surface area contributed by atoms with Crippen molar-refractivity contribution in [2.24, 2.45) is 0 Å². The highest BCUT2D eigenvalue weighted by molar-refractivity contribution is 7.87. The number of amides is 2. The Hall–Kier alpha value is -3.85. The predicted molar refractivity (Wildman–Crippen MR) is 125 cm³/mol. The molecule has 0 radical (unpaired) electrons. The van der Waals surface area contributed by atoms with E-state index in [4.69, 9.17) is 8.92 Å². The third kappa shape index (κ3) is 5.89. The Kier molecular flexibility index (Phi) is 7.03. The number of hydrogen-bond acceptors (Lipinski definition) is 6. The number of ether oxygens (including phenoxy) is 1. The largest absolute Gasteiger partial charge is 0.465 e. The molecule has 3 rings (SSSR count). The number of rotatable bonds is 6. The molecule has 172 valence electrons. The average Bonchev–Trinajstić information content (AvgIpc) is 2.74. The lowest BCUT2D eigenvalue weighted by Crippen LogP contribution is -2.20. The maximum Gasteiger partial charge on any atom is 0.341 e. The second kappa shape index (κ2) is 9.74. The quantitative estimate of drug-likeness (QED) is 0.397. The molecule has 0 aliphatic rings. The molecule has 0 atom stereocenters. The van der Waals surface area contributed by atoms with Crippen LogP contribution in [0.5, 0.6) is 5.75 Å². The summed E-state index contributed by atoms with van der Waals surface area (Å²) in [5.41, 5.74) is 3.15. The summed E-state index contributed by atoms with van der Waals surface area (Å²) in [7, 11) is -3.09. The fourth-order valence-electron chi connectivity index (χ4n) is 3.12. The minimum atomic E-state index is -4.26. The Morgan fingerprint density at radius 2 is 1.39 bits per heavy atom. The lowest BCUT2D eigenvalue weighted by atomic mass is 10.2. The molecule has 3 aromatic carbocycles. The highest BCUT2D eigenvalue weighted by atomic mass is 32.2. The summed E-state index contributed by atoms with van der Waals surface area (Å²) in [6.07, 6.45) is 0. The van der Waals surface area contributed by atoms with Crippen LogP contribution in [0.1, 0.15) is 27.0 Å². The standard InChI is InChI=1S/C24H24N2O6S/c1-15-5-8-18(9-6-15)25-24(28)26-19-10-11-20(23(27)31-4)21(14-19)32-33(29,30)22-12-7-16(2)13-17(22)3/h5-14H,1-4H3,(H2,25,26,28). The van der Waals surface area contributed by atoms with E-state index < -0.39 is 22.1 Å². The number of aryl methyl sites for hydroxylation is 3. The van der Waals surface area contributed by atoms with Crippen LogP contribution in [0.15, 0.2) is 65.6 Å². The van der Waals surface area contributed by atoms with E-state index in [0.29, 0.717) is 11.3 Å². The zero-order chi connectivity index (χ0) is 24.2. The number of esters is 1. The van der Waals surface area contributed by atoms with Crippen LogP contribution in [0.4, 0.5) is 16.2 Å². The lowest BCUT2D eigenvalue weighted by molar-refractivity contribution is 0.0599. The van der Waals surface area contributed by atoms with Crippen LogP contribution in [-0.2, 0) is 14.9 Å². The second-order valence-corrected chi connectivity index (χ2v) is 8.97. The monoisotopic (exact) mass is 468 g/mol. The highest BCUT2D eigenvalue weighted by Crippen LogP contribution is 2.29. The first-order valence-corrected chi connectivity index (χ1v) is 11.4. The van der Waals surface area contributed by atoms with E-state index in [1.165, 1.54) is 31.4 Å². The van der Waals surface area contributed by atoms with Crippen molar-refractivity contribution in [2.45, 2.75) is 25.7 Å². The Morgan fingerprint density at radius 1 is 0.788 bits per heavy atom. The number of hydrogen-bond donors (Lipinski definition) is 2. The van der Waals surface area contributed by atoms with Crippen molar-refractivity contribution in [3.8, 4) is 5.75 Å². The van der Waals surface area contributed by atoms with Gasteiger partial charge in [-0.3, -0.25) is 0 Å². The molecule has 0 aliphatic carbocycles. The third-order valence-corrected chi connectivity index (χ3v) is 6.15. The van der Waals surface area contributed by atoms with E-state index in [-0.39, 0.29) is 21.9 Å². The van der Waals surface area contributed by atoms with E-state index in [0.717, 1.165) is 11.1 Å². The van der Waals surface area contributed by atoms with E-state index in [1.807, 2.05) is 26.0 Å². The molecule has 0 unspecified atom stereocenters. The molecular weight excluding hydrogens is 444 g/mol. The minimum Gasteiger partial charge on any atom is -0.465 e. The topological polar surface area (TPSA) is 111 Å². The molecule has 0 saturated carbocycles. The van der Waals surface area contributed by atoms with E-state index in [9.17, 15) is 18.0 Å². The minimum absolute atomic E-state index is 0.0283. The number of methoxy groups -OCH3 is 1. The van der Waals surface area contributed by atoms with Gasteiger partial charge in [0, 0.05) is 17.4 Å². The molecule has 9 heteroatoms. The Labute approximate surface area is 192 Å². The van der Waals surface area contributed by atoms with Crippen molar-refractivity contribution < 1.29 is 26.9 Å². The third-order valence-electron chi connectivity index (χ3n) is 4.75. The highest BCUT2D eigenvalue weighted by Gasteiger charge is 2.24. The van der Waals surface area contributed by atoms with E-state index >= 15 is 0 Å². The van der Waals surface area contributed by atoms with Gasteiger partial charge in [0.1, 0.15) is 10.5 Å². The van der Waals surface area contributed by atoms with Crippen LogP contribution in [0.25, 0.3) is 0 Å². The zero-order valence-corrected chi connectivity index (χ0v) is 19.4. The van der Waals surface area contributed by atoms with Gasteiger partial charge in [-0.2, -0.15) is 8.42 Å². The molecule has 0 aliphatic heterocycles. The number of carbonyl (C=O) groups is 2. The van der Waals surface area contributed by atoms with Crippen molar-refractivity contribution in [1.29, 1.82) is 0 Å². The summed E-state index contributed by atoms with van der Waals surface area (Å²) in [4.78, 5) is 24.5. The second-order valence-electron chi connectivity index (χ2n) is 7.45. The first-order valence-electron chi connectivity index (χ1n) is 9.98. The van der Waals surface area contributed by atoms with E-state index in [2.05, 4.69) is 10.6 Å². The number of nitrogens with one attached hydrogen (secondary N) is 2. The molecule has 0 aromatic heterocycles. The average molecular weight is 469 g/mol. The predicted octanol–water partition coefficient (Wildman–Crippen LogP) is 4.81. The van der Waals surface area contributed by atoms with E-state index in [1.54, 1.807) is 31.2 Å². The van der Waals surface area contributed by atoms with Gasteiger partial charge in [-0.05, 0) is 56.7 Å². The summed E-state index contributed by atoms with van der Waals surface area (Å²) >= 11 is 0. The molecule has 2 amide bonds. The van der Waals surface area contributed by atoms with Crippen molar-refractivity contribution in [2.75, 3.05) is 17.7 Å². The first kappa shape index (κ1) is 23.8. The number of anilines is 2. The Bertz CT molecular complexity index is 1300. The van der Waals surface area contributed by atoms with Gasteiger partial charge in [0.2, 0.25) is 0 Å². The van der Waals surface area contributed by atoms with Gasteiger partial charge in [-0.15, -0.1) is 0 Å². The molecular formula is C24H24N2O6S. The molecule has 0 spiro atoms. The summed E-state index contributed by atoms with van der Waals surface area (Å²) in [5.74, 6) is -1.05. The van der Waals surface area contributed by atoms with Gasteiger partial charge in [0.15, 0.2) is 5.75 Å². The molecule has 0 bridgehead atoms. The number of carbonyl (C=O) groups excluding carboxylic acids is 2. The van der Waals surface area contributed by atoms with Gasteiger partial charge in [0.05, 0.1) is 7.11 Å². The summed E-state index contributed by atoms with van der Waals surface area (Å²) in [6.45, 7) is 5.43. The molecule has 0 heterocycles. The molecule has 2 N–H and O–H groups in total. The molecule has 8 nitrogen and oxygen atoms in total. The zero-order valence-electron chi connectivity index (χ0n) is 18.6. The normalized spacial score (nSPS) is 10.9. The van der Waals surface area contributed by atoms with Crippen LogP contribution >= 0.6 is 0 Å². The smallest absolute Gasteiger partial charge is 0.341 e. The lowest BCUT2D eigenvalue weighted by Gasteiger charge is -2.14. The summed E-state index contributed by atoms with van der Waals surface area (Å²) in [5, 5.41) is 5.27. The number of benzene rings is 3. The van der Waals surface area contributed by atoms with Gasteiger partial charge in [0.25, 0.3) is 0 Å². The Morgan fingerprint density at radius 3 is 2.03 bits per heavy atom. The maximum atomic E-state index is 12.9. The molecule has 0 fully saturated rings. The van der Waals surface area contributed by atoms with Crippen molar-refractivity contribution >= 4 is 33.5 Å². The first-order chi connectivity index (χ1) is 15.6. The van der Waals surface area contributed by atoms with Crippen molar-refractivity contribution in [3.05, 3.63) is 82.9 Å². The molecule has 33 heavy (non-hydrogen) atoms. The van der Waals surface area contributed by atoms with Crippen LogP contribution in [0.3, 0.4) is 0 Å². The van der Waals surface area contributed by atoms with Crippen LogP contribution in [0.2, 0.25) is 0 Å². The SMILES string of the molecule is COC(=O)c1ccc(NC(=O)Nc2ccc(C)cc2)cc1OS(=O)(=O)c1ccc(C)cc1C. The van der Waals surface area contributed by atoms with Gasteiger partial charge >= 0.3 is 22.1 Å². The fourth-order valence-corrected chi connectivity index (χ4v) is 4.27. The van der Waals surface area contributed by atoms with Gasteiger partial charge in [-0.25, -0.2) is 9.59 Å². The Balaban J connectivity index is 1.89. The van der Waals surface area contributed by atoms with Crippen molar-refractivity contribution in [1.82, 2.24) is 0 Å². The van der Waals surface area contributed by atoms with Crippen molar-refractivity contribution in [3.63, 3.8) is 0 Å². The summed E-state index contributed by atoms with van der Waals surface area (Å²) < 4.78 is 35.9. The van der Waals surface area contributed by atoms with Crippen LogP contribution in [-0.4, -0.2) is 27.5 Å². The summed E-state index contributed by atoms with van der Waals surface area (Å²) in [6, 6.07) is 15.5. The van der Waals surface area contributed by atoms with Crippen LogP contribution < -0.4 is 14.8 Å². The maximum absolute atomic E-state index is 12.9. The van der Waals surface area contributed by atoms with Gasteiger partial charge < -0.3 is 19.6 Å². The van der Waals surface area contributed by atoms with Crippen LogP contribution in [0, 0.1) is 20.8 Å². The van der Waals surface area contributed by atoms with Gasteiger partial charge in [-0.1, -0.05) is 35.4 Å². The fraction of sp³-hybridized carbons (Fsp3) is 0.167.